The predicted molar refractivity (Wildman–Crippen MR) is 131 cm³/mol. The summed E-state index contributed by atoms with van der Waals surface area (Å²) in [5, 5.41) is 19.9. The highest BCUT2D eigenvalue weighted by Crippen LogP contribution is 2.46. The lowest BCUT2D eigenvalue weighted by Gasteiger charge is -2.14. The number of aromatic amines is 2. The van der Waals surface area contributed by atoms with Crippen LogP contribution >= 0.6 is 0 Å². The Morgan fingerprint density at radius 1 is 0.618 bits per heavy atom. The van der Waals surface area contributed by atoms with Gasteiger partial charge in [0, 0.05) is 35.9 Å². The van der Waals surface area contributed by atoms with E-state index in [1.54, 1.807) is 50.5 Å². The van der Waals surface area contributed by atoms with Crippen molar-refractivity contribution in [3.8, 4) is 45.3 Å². The zero-order chi connectivity index (χ0) is 24.8. The summed E-state index contributed by atoms with van der Waals surface area (Å²) in [5.74, 6) is 0.980. The van der Waals surface area contributed by atoms with Gasteiger partial charge in [-0.3, -0.25) is 9.59 Å². The van der Waals surface area contributed by atoms with Crippen molar-refractivity contribution < 1.29 is 19.7 Å². The van der Waals surface area contributed by atoms with Crippen LogP contribution in [0.2, 0.25) is 0 Å². The maximum absolute atomic E-state index is 11.8. The SMILES string of the molecule is COc1cccc(O)c1-c1c(O)cccc1OC.Cc1[nH]ccc(=O)c1-c1c(C)[nH]ccc1=O. The minimum atomic E-state index is -0.143. The van der Waals surface area contributed by atoms with E-state index in [2.05, 4.69) is 9.97 Å². The van der Waals surface area contributed by atoms with Gasteiger partial charge >= 0.3 is 0 Å². The maximum atomic E-state index is 11.8. The number of phenols is 2. The van der Waals surface area contributed by atoms with Crippen LogP contribution in [0.5, 0.6) is 23.0 Å². The van der Waals surface area contributed by atoms with E-state index in [-0.39, 0.29) is 22.4 Å². The first kappa shape index (κ1) is 24.2. The van der Waals surface area contributed by atoms with Crippen LogP contribution in [-0.4, -0.2) is 34.4 Å². The molecule has 34 heavy (non-hydrogen) atoms. The predicted octanol–water partition coefficient (Wildman–Crippen LogP) is 4.13. The van der Waals surface area contributed by atoms with Crippen LogP contribution < -0.4 is 20.3 Å². The molecule has 8 heteroatoms. The van der Waals surface area contributed by atoms with Crippen LogP contribution in [0.4, 0.5) is 0 Å². The zero-order valence-electron chi connectivity index (χ0n) is 19.3. The Labute approximate surface area is 196 Å². The highest BCUT2D eigenvalue weighted by Gasteiger charge is 2.19. The number of aromatic nitrogens is 2. The molecule has 8 nitrogen and oxygen atoms in total. The standard InChI is InChI=1S/C14H14O4.C12H12N2O2/c1-17-11-7-3-5-9(15)13(11)14-10(16)6-4-8-12(14)18-2;1-7-11(9(15)3-5-13-7)12-8(2)14-6-4-10(12)16/h3-8,15-16H,1-2H3;3-6H,1-2H3,(H,13,15)(H,14,16). The van der Waals surface area contributed by atoms with E-state index in [1.807, 2.05) is 0 Å². The molecule has 0 fully saturated rings. The molecule has 0 unspecified atom stereocenters. The van der Waals surface area contributed by atoms with Crippen LogP contribution in [0.1, 0.15) is 11.4 Å². The van der Waals surface area contributed by atoms with E-state index in [0.717, 1.165) is 0 Å². The normalized spacial score (nSPS) is 10.2. The van der Waals surface area contributed by atoms with Gasteiger partial charge in [0.15, 0.2) is 10.9 Å². The van der Waals surface area contributed by atoms with Gasteiger partial charge in [-0.05, 0) is 38.1 Å². The van der Waals surface area contributed by atoms with Crippen LogP contribution in [0.25, 0.3) is 22.3 Å². The van der Waals surface area contributed by atoms with Crippen LogP contribution in [-0.2, 0) is 0 Å². The minimum Gasteiger partial charge on any atom is -0.507 e. The summed E-state index contributed by atoms with van der Waals surface area (Å²) < 4.78 is 10.4. The Morgan fingerprint density at radius 2 is 1.00 bits per heavy atom. The second-order valence-electron chi connectivity index (χ2n) is 7.39. The summed E-state index contributed by atoms with van der Waals surface area (Å²) in [5.41, 5.74) is 2.83. The molecule has 4 aromatic rings. The summed E-state index contributed by atoms with van der Waals surface area (Å²) >= 11 is 0. The number of rotatable bonds is 4. The van der Waals surface area contributed by atoms with Crippen LogP contribution in [0.15, 0.2) is 70.5 Å². The summed E-state index contributed by atoms with van der Waals surface area (Å²) in [6.07, 6.45) is 3.15. The van der Waals surface area contributed by atoms with E-state index < -0.39 is 0 Å². The Hall–Kier alpha value is -4.46. The second kappa shape index (κ2) is 10.4. The third-order valence-corrected chi connectivity index (χ3v) is 5.26. The number of ether oxygens (including phenoxy) is 2. The molecule has 0 bridgehead atoms. The zero-order valence-corrected chi connectivity index (χ0v) is 19.3. The van der Waals surface area contributed by atoms with Gasteiger partial charge in [0.05, 0.1) is 36.5 Å². The fraction of sp³-hybridized carbons (Fsp3) is 0.154. The number of aryl methyl sites for hydroxylation is 2. The molecule has 0 radical (unpaired) electrons. The molecule has 2 aromatic heterocycles. The first-order chi connectivity index (χ1) is 16.3. The van der Waals surface area contributed by atoms with Crippen LogP contribution in [0, 0.1) is 13.8 Å². The average molecular weight is 463 g/mol. The molecule has 0 aliphatic heterocycles. The molecular weight excluding hydrogens is 436 g/mol. The summed E-state index contributed by atoms with van der Waals surface area (Å²) in [6, 6.07) is 12.7. The van der Waals surface area contributed by atoms with Crippen molar-refractivity contribution in [3.63, 3.8) is 0 Å². The number of aromatic hydroxyl groups is 2. The molecule has 4 rings (SSSR count). The summed E-state index contributed by atoms with van der Waals surface area (Å²) in [4.78, 5) is 29.4. The summed E-state index contributed by atoms with van der Waals surface area (Å²) in [6.45, 7) is 3.56. The second-order valence-corrected chi connectivity index (χ2v) is 7.39. The average Bonchev–Trinajstić information content (AvgIpc) is 2.81. The Bertz CT molecular complexity index is 1310. The van der Waals surface area contributed by atoms with Crippen molar-refractivity contribution in [2.45, 2.75) is 13.8 Å². The van der Waals surface area contributed by atoms with Crippen molar-refractivity contribution in [2.24, 2.45) is 0 Å². The third-order valence-electron chi connectivity index (χ3n) is 5.26. The van der Waals surface area contributed by atoms with Gasteiger partial charge in [-0.1, -0.05) is 12.1 Å². The molecule has 2 heterocycles. The molecular formula is C26H26N2O6. The molecule has 0 saturated carbocycles. The number of H-pyrrole nitrogens is 2. The molecule has 0 aliphatic rings. The van der Waals surface area contributed by atoms with E-state index in [9.17, 15) is 19.8 Å². The summed E-state index contributed by atoms with van der Waals surface area (Å²) in [7, 11) is 3.01. The first-order valence-electron chi connectivity index (χ1n) is 10.4. The molecule has 0 spiro atoms. The van der Waals surface area contributed by atoms with E-state index in [1.165, 1.54) is 38.5 Å². The molecule has 4 N–H and O–H groups in total. The lowest BCUT2D eigenvalue weighted by Crippen LogP contribution is -2.15. The van der Waals surface area contributed by atoms with E-state index in [0.29, 0.717) is 45.1 Å². The topological polar surface area (TPSA) is 125 Å². The number of hydrogen-bond acceptors (Lipinski definition) is 6. The largest absolute Gasteiger partial charge is 0.507 e. The highest BCUT2D eigenvalue weighted by molar-refractivity contribution is 5.85. The van der Waals surface area contributed by atoms with Crippen molar-refractivity contribution in [2.75, 3.05) is 14.2 Å². The number of methoxy groups -OCH3 is 2. The van der Waals surface area contributed by atoms with Crippen molar-refractivity contribution >= 4 is 0 Å². The lowest BCUT2D eigenvalue weighted by atomic mass is 10.0. The minimum absolute atomic E-state index is 0.0224. The molecule has 2 aromatic carbocycles. The van der Waals surface area contributed by atoms with Crippen molar-refractivity contribution in [1.29, 1.82) is 0 Å². The van der Waals surface area contributed by atoms with Gasteiger partial charge in [-0.25, -0.2) is 0 Å². The maximum Gasteiger partial charge on any atom is 0.189 e. The van der Waals surface area contributed by atoms with Crippen molar-refractivity contribution in [1.82, 2.24) is 9.97 Å². The fourth-order valence-corrected chi connectivity index (χ4v) is 3.67. The smallest absolute Gasteiger partial charge is 0.189 e. The number of hydrogen-bond donors (Lipinski definition) is 4. The Morgan fingerprint density at radius 3 is 1.32 bits per heavy atom. The van der Waals surface area contributed by atoms with Gasteiger partial charge in [-0.2, -0.15) is 0 Å². The number of benzene rings is 2. The fourth-order valence-electron chi connectivity index (χ4n) is 3.67. The highest BCUT2D eigenvalue weighted by atomic mass is 16.5. The Balaban J connectivity index is 0.000000192. The number of nitrogens with one attached hydrogen (secondary N) is 2. The monoisotopic (exact) mass is 462 g/mol. The molecule has 0 saturated heterocycles. The number of phenolic OH excluding ortho intramolecular Hbond substituents is 2. The van der Waals surface area contributed by atoms with Gasteiger partial charge < -0.3 is 29.7 Å². The first-order valence-corrected chi connectivity index (χ1v) is 10.4. The quantitative estimate of drug-likeness (QED) is 0.361. The molecule has 0 aliphatic carbocycles. The van der Waals surface area contributed by atoms with E-state index in [4.69, 9.17) is 9.47 Å². The van der Waals surface area contributed by atoms with Gasteiger partial charge in [0.25, 0.3) is 0 Å². The lowest BCUT2D eigenvalue weighted by molar-refractivity contribution is 0.400. The third kappa shape index (κ3) is 4.80. The van der Waals surface area contributed by atoms with Gasteiger partial charge in [0.1, 0.15) is 23.0 Å². The molecule has 0 atom stereocenters. The van der Waals surface area contributed by atoms with Gasteiger partial charge in [-0.15, -0.1) is 0 Å². The van der Waals surface area contributed by atoms with Crippen LogP contribution in [0.3, 0.4) is 0 Å². The van der Waals surface area contributed by atoms with Gasteiger partial charge in [0.2, 0.25) is 0 Å². The molecule has 0 amide bonds. The van der Waals surface area contributed by atoms with E-state index >= 15 is 0 Å². The van der Waals surface area contributed by atoms with Crippen molar-refractivity contribution in [3.05, 3.63) is 92.8 Å². The Kier molecular flexibility index (Phi) is 7.43. The molecule has 176 valence electrons. The number of pyridine rings is 2.